The highest BCUT2D eigenvalue weighted by Gasteiger charge is 2.23. The van der Waals surface area contributed by atoms with Gasteiger partial charge in [0.25, 0.3) is 5.91 Å². The fourth-order valence-corrected chi connectivity index (χ4v) is 3.78. The Kier molecular flexibility index (Phi) is 7.88. The van der Waals surface area contributed by atoms with Crippen LogP contribution in [0.5, 0.6) is 5.75 Å². The molecule has 0 bridgehead atoms. The summed E-state index contributed by atoms with van der Waals surface area (Å²) in [6, 6.07) is 14.8. The van der Waals surface area contributed by atoms with Crippen molar-refractivity contribution in [3.63, 3.8) is 0 Å². The van der Waals surface area contributed by atoms with E-state index in [9.17, 15) is 4.79 Å². The molecule has 1 aliphatic rings. The minimum Gasteiger partial charge on any atom is -0.483 e. The van der Waals surface area contributed by atoms with Gasteiger partial charge in [0.2, 0.25) is 0 Å². The van der Waals surface area contributed by atoms with Gasteiger partial charge < -0.3 is 14.8 Å². The summed E-state index contributed by atoms with van der Waals surface area (Å²) in [5.74, 6) is 1.04. The average Bonchev–Trinajstić information content (AvgIpc) is 2.74. The lowest BCUT2D eigenvalue weighted by atomic mass is 10.0. The van der Waals surface area contributed by atoms with Gasteiger partial charge >= 0.3 is 0 Å². The Balaban J connectivity index is 1.62. The molecule has 0 spiro atoms. The van der Waals surface area contributed by atoms with Gasteiger partial charge in [0, 0.05) is 19.6 Å². The maximum Gasteiger partial charge on any atom is 0.258 e. The van der Waals surface area contributed by atoms with Crippen LogP contribution < -0.4 is 10.1 Å². The SMILES string of the molecule is Cc1ccc(C(CNC(=O)COc2cc(C)ccc2C(C)C)N2CCOCC2)cc1. The fraction of sp³-hybridized carbons (Fsp3) is 0.480. The number of amides is 1. The standard InChI is InChI=1S/C25H34N2O3/c1-18(2)22-10-7-20(4)15-24(22)30-17-25(28)26-16-23(27-11-13-29-14-12-27)21-8-5-19(3)6-9-21/h5-10,15,18,23H,11-14,16-17H2,1-4H3,(H,26,28). The van der Waals surface area contributed by atoms with E-state index in [1.807, 2.05) is 13.0 Å². The molecule has 1 amide bonds. The Bertz CT molecular complexity index is 827. The fourth-order valence-electron chi connectivity index (χ4n) is 3.78. The van der Waals surface area contributed by atoms with E-state index in [0.29, 0.717) is 12.5 Å². The van der Waals surface area contributed by atoms with E-state index in [0.717, 1.165) is 43.2 Å². The van der Waals surface area contributed by atoms with Gasteiger partial charge in [-0.25, -0.2) is 0 Å². The minimum atomic E-state index is -0.100. The quantitative estimate of drug-likeness (QED) is 0.715. The molecule has 1 fully saturated rings. The molecule has 0 aliphatic carbocycles. The second-order valence-electron chi connectivity index (χ2n) is 8.36. The van der Waals surface area contributed by atoms with Crippen LogP contribution in [0, 0.1) is 13.8 Å². The summed E-state index contributed by atoms with van der Waals surface area (Å²) in [6.07, 6.45) is 0. The highest BCUT2D eigenvalue weighted by Crippen LogP contribution is 2.27. The second kappa shape index (κ2) is 10.6. The molecule has 1 unspecified atom stereocenters. The van der Waals surface area contributed by atoms with Gasteiger partial charge in [-0.15, -0.1) is 0 Å². The molecule has 1 N–H and O–H groups in total. The van der Waals surface area contributed by atoms with Gasteiger partial charge in [-0.05, 0) is 42.5 Å². The van der Waals surface area contributed by atoms with E-state index < -0.39 is 0 Å². The van der Waals surface area contributed by atoms with Gasteiger partial charge in [0.15, 0.2) is 6.61 Å². The van der Waals surface area contributed by atoms with Crippen LogP contribution in [0.1, 0.15) is 48.1 Å². The monoisotopic (exact) mass is 410 g/mol. The lowest BCUT2D eigenvalue weighted by Crippen LogP contribution is -2.44. The van der Waals surface area contributed by atoms with Crippen molar-refractivity contribution in [2.75, 3.05) is 39.5 Å². The lowest BCUT2D eigenvalue weighted by Gasteiger charge is -2.35. The number of benzene rings is 2. The number of nitrogens with zero attached hydrogens (tertiary/aromatic N) is 1. The van der Waals surface area contributed by atoms with Gasteiger partial charge in [-0.2, -0.15) is 0 Å². The number of morpholine rings is 1. The Labute approximate surface area is 180 Å². The van der Waals surface area contributed by atoms with Crippen LogP contribution in [0.25, 0.3) is 0 Å². The molecule has 1 heterocycles. The van der Waals surface area contributed by atoms with Gasteiger partial charge in [-0.3, -0.25) is 9.69 Å². The van der Waals surface area contributed by atoms with E-state index in [4.69, 9.17) is 9.47 Å². The molecule has 5 nitrogen and oxygen atoms in total. The lowest BCUT2D eigenvalue weighted by molar-refractivity contribution is -0.123. The van der Waals surface area contributed by atoms with Crippen LogP contribution in [0.4, 0.5) is 0 Å². The molecule has 1 saturated heterocycles. The van der Waals surface area contributed by atoms with Crippen LogP contribution in [0.2, 0.25) is 0 Å². The second-order valence-corrected chi connectivity index (χ2v) is 8.36. The number of hydrogen-bond acceptors (Lipinski definition) is 4. The van der Waals surface area contributed by atoms with Crippen molar-refractivity contribution in [2.45, 2.75) is 39.7 Å². The minimum absolute atomic E-state index is 0.0207. The molecule has 0 aromatic heterocycles. The first-order valence-electron chi connectivity index (χ1n) is 10.8. The summed E-state index contributed by atoms with van der Waals surface area (Å²) in [4.78, 5) is 15.0. The van der Waals surface area contributed by atoms with Crippen molar-refractivity contribution in [2.24, 2.45) is 0 Å². The molecule has 30 heavy (non-hydrogen) atoms. The van der Waals surface area contributed by atoms with Crippen LogP contribution in [0.3, 0.4) is 0 Å². The molecule has 1 atom stereocenters. The number of carbonyl (C=O) groups is 1. The third-order valence-electron chi connectivity index (χ3n) is 5.59. The first-order valence-corrected chi connectivity index (χ1v) is 10.8. The van der Waals surface area contributed by atoms with E-state index in [1.165, 1.54) is 11.1 Å². The maximum absolute atomic E-state index is 12.6. The predicted molar refractivity (Wildman–Crippen MR) is 120 cm³/mol. The summed E-state index contributed by atoms with van der Waals surface area (Å²) in [6.45, 7) is 12.1. The zero-order valence-electron chi connectivity index (χ0n) is 18.6. The molecule has 1 aliphatic heterocycles. The smallest absolute Gasteiger partial charge is 0.258 e. The van der Waals surface area contributed by atoms with E-state index >= 15 is 0 Å². The van der Waals surface area contributed by atoms with Crippen molar-refractivity contribution < 1.29 is 14.3 Å². The largest absolute Gasteiger partial charge is 0.483 e. The third kappa shape index (κ3) is 6.07. The molecular weight excluding hydrogens is 376 g/mol. The molecular formula is C25H34N2O3. The Hall–Kier alpha value is -2.37. The molecule has 2 aromatic rings. The van der Waals surface area contributed by atoms with Gasteiger partial charge in [-0.1, -0.05) is 55.8 Å². The van der Waals surface area contributed by atoms with Crippen molar-refractivity contribution >= 4 is 5.91 Å². The number of carbonyl (C=O) groups excluding carboxylic acids is 1. The van der Waals surface area contributed by atoms with Crippen LogP contribution >= 0.6 is 0 Å². The molecule has 2 aromatic carbocycles. The summed E-state index contributed by atoms with van der Waals surface area (Å²) in [5, 5.41) is 3.08. The number of rotatable bonds is 8. The number of hydrogen-bond donors (Lipinski definition) is 1. The summed E-state index contributed by atoms with van der Waals surface area (Å²) in [7, 11) is 0. The van der Waals surface area contributed by atoms with Gasteiger partial charge in [0.05, 0.1) is 19.3 Å². The molecule has 162 valence electrons. The van der Waals surface area contributed by atoms with Crippen LogP contribution in [-0.2, 0) is 9.53 Å². The molecule has 3 rings (SSSR count). The molecule has 0 saturated carbocycles. The van der Waals surface area contributed by atoms with Gasteiger partial charge in [0.1, 0.15) is 5.75 Å². The summed E-state index contributed by atoms with van der Waals surface area (Å²) in [5.41, 5.74) is 4.70. The normalized spacial score (nSPS) is 15.8. The van der Waals surface area contributed by atoms with E-state index in [2.05, 4.69) is 67.4 Å². The van der Waals surface area contributed by atoms with Crippen molar-refractivity contribution in [1.29, 1.82) is 0 Å². The zero-order valence-corrected chi connectivity index (χ0v) is 18.6. The van der Waals surface area contributed by atoms with Crippen LogP contribution in [0.15, 0.2) is 42.5 Å². The van der Waals surface area contributed by atoms with Crippen molar-refractivity contribution in [3.05, 3.63) is 64.7 Å². The third-order valence-corrected chi connectivity index (χ3v) is 5.59. The molecule has 0 radical (unpaired) electrons. The number of aryl methyl sites for hydroxylation is 2. The number of ether oxygens (including phenoxy) is 2. The van der Waals surface area contributed by atoms with E-state index in [-0.39, 0.29) is 18.6 Å². The van der Waals surface area contributed by atoms with Crippen molar-refractivity contribution in [3.8, 4) is 5.75 Å². The van der Waals surface area contributed by atoms with Crippen LogP contribution in [-0.4, -0.2) is 50.3 Å². The average molecular weight is 411 g/mol. The first kappa shape index (κ1) is 22.3. The molecule has 5 heteroatoms. The number of nitrogens with one attached hydrogen (secondary N) is 1. The maximum atomic E-state index is 12.6. The first-order chi connectivity index (χ1) is 14.4. The highest BCUT2D eigenvalue weighted by molar-refractivity contribution is 5.77. The Morgan fingerprint density at radius 1 is 1.07 bits per heavy atom. The zero-order chi connectivity index (χ0) is 21.5. The Morgan fingerprint density at radius 2 is 1.73 bits per heavy atom. The summed E-state index contributed by atoms with van der Waals surface area (Å²) < 4.78 is 11.4. The predicted octanol–water partition coefficient (Wildman–Crippen LogP) is 4.00. The Morgan fingerprint density at radius 3 is 2.40 bits per heavy atom. The van der Waals surface area contributed by atoms with Crippen molar-refractivity contribution in [1.82, 2.24) is 10.2 Å². The van der Waals surface area contributed by atoms with E-state index in [1.54, 1.807) is 0 Å². The topological polar surface area (TPSA) is 50.8 Å². The highest BCUT2D eigenvalue weighted by atomic mass is 16.5. The summed E-state index contributed by atoms with van der Waals surface area (Å²) >= 11 is 0.